The highest BCUT2D eigenvalue weighted by Gasteiger charge is 2.11. The summed E-state index contributed by atoms with van der Waals surface area (Å²) in [5.74, 6) is 0.0436. The summed E-state index contributed by atoms with van der Waals surface area (Å²) in [7, 11) is 1.38. The lowest BCUT2D eigenvalue weighted by Crippen LogP contribution is -2.11. The minimum atomic E-state index is -0.360. The maximum Gasteiger partial charge on any atom is 0.374 e. The van der Waals surface area contributed by atoms with Crippen LogP contribution in [-0.4, -0.2) is 22.6 Å². The number of unbranched alkanes of at least 4 members (excludes halogenated alkanes) is 5. The second kappa shape index (κ2) is 7.87. The van der Waals surface area contributed by atoms with Crippen molar-refractivity contribution in [2.24, 2.45) is 0 Å². The predicted octanol–water partition coefficient (Wildman–Crippen LogP) is 3.03. The zero-order chi connectivity index (χ0) is 12.5. The van der Waals surface area contributed by atoms with E-state index >= 15 is 0 Å². The monoisotopic (exact) mass is 238 g/mol. The molecule has 4 nitrogen and oxygen atoms in total. The molecule has 0 fully saturated rings. The second-order valence-electron chi connectivity index (χ2n) is 4.20. The topological polar surface area (TPSA) is 44.1 Å². The third-order valence-electron chi connectivity index (χ3n) is 2.84. The molecule has 1 rings (SSSR count). The highest BCUT2D eigenvalue weighted by atomic mass is 16.5. The van der Waals surface area contributed by atoms with Gasteiger partial charge >= 0.3 is 5.97 Å². The van der Waals surface area contributed by atoms with Crippen LogP contribution in [0.2, 0.25) is 0 Å². The first-order valence-corrected chi connectivity index (χ1v) is 6.39. The molecule has 0 radical (unpaired) electrons. The van der Waals surface area contributed by atoms with Crippen LogP contribution in [0.1, 0.15) is 56.1 Å². The Kier molecular flexibility index (Phi) is 6.37. The number of aryl methyl sites for hydroxylation is 1. The zero-order valence-electron chi connectivity index (χ0n) is 10.8. The number of imidazole rings is 1. The molecule has 1 aromatic heterocycles. The third kappa shape index (κ3) is 4.59. The van der Waals surface area contributed by atoms with Crippen LogP contribution in [0.25, 0.3) is 0 Å². The van der Waals surface area contributed by atoms with Crippen LogP contribution < -0.4 is 0 Å². The number of hydrogen-bond donors (Lipinski definition) is 0. The van der Waals surface area contributed by atoms with Gasteiger partial charge in [0.15, 0.2) is 0 Å². The number of carbonyl (C=O) groups is 1. The average Bonchev–Trinajstić information content (AvgIpc) is 2.81. The number of hydrogen-bond acceptors (Lipinski definition) is 3. The molecule has 0 aromatic carbocycles. The lowest BCUT2D eigenvalue weighted by molar-refractivity contribution is 0.0581. The largest absolute Gasteiger partial charge is 0.463 e. The lowest BCUT2D eigenvalue weighted by atomic mass is 10.1. The number of methoxy groups -OCH3 is 1. The molecule has 0 amide bonds. The van der Waals surface area contributed by atoms with E-state index in [0.717, 1.165) is 13.0 Å². The van der Waals surface area contributed by atoms with Crippen molar-refractivity contribution in [1.29, 1.82) is 0 Å². The van der Waals surface area contributed by atoms with Gasteiger partial charge in [-0.15, -0.1) is 0 Å². The van der Waals surface area contributed by atoms with Crippen LogP contribution in [0.5, 0.6) is 0 Å². The summed E-state index contributed by atoms with van der Waals surface area (Å²) in [6.45, 7) is 3.06. The van der Waals surface area contributed by atoms with Gasteiger partial charge in [0, 0.05) is 18.9 Å². The summed E-state index contributed by atoms with van der Waals surface area (Å²) in [6.07, 6.45) is 10.9. The molecule has 0 spiro atoms. The fourth-order valence-corrected chi connectivity index (χ4v) is 1.83. The first-order chi connectivity index (χ1) is 8.29. The maximum atomic E-state index is 11.4. The molecule has 0 saturated carbocycles. The number of nitrogens with zero attached hydrogens (tertiary/aromatic N) is 2. The van der Waals surface area contributed by atoms with Crippen LogP contribution in [0.4, 0.5) is 0 Å². The van der Waals surface area contributed by atoms with Crippen LogP contribution in [-0.2, 0) is 11.3 Å². The molecule has 0 aliphatic heterocycles. The van der Waals surface area contributed by atoms with Gasteiger partial charge in [-0.05, 0) is 6.42 Å². The summed E-state index contributed by atoms with van der Waals surface area (Å²) in [5, 5.41) is 0. The van der Waals surface area contributed by atoms with Gasteiger partial charge in [0.1, 0.15) is 0 Å². The van der Waals surface area contributed by atoms with Crippen molar-refractivity contribution in [2.45, 2.75) is 52.0 Å². The predicted molar refractivity (Wildman–Crippen MR) is 66.9 cm³/mol. The Morgan fingerprint density at radius 2 is 2.00 bits per heavy atom. The Hall–Kier alpha value is -1.32. The fourth-order valence-electron chi connectivity index (χ4n) is 1.83. The van der Waals surface area contributed by atoms with E-state index in [1.165, 1.54) is 39.2 Å². The zero-order valence-corrected chi connectivity index (χ0v) is 10.8. The van der Waals surface area contributed by atoms with E-state index in [0.29, 0.717) is 5.82 Å². The van der Waals surface area contributed by atoms with Crippen molar-refractivity contribution < 1.29 is 9.53 Å². The van der Waals surface area contributed by atoms with E-state index in [1.807, 2.05) is 10.8 Å². The van der Waals surface area contributed by atoms with Crippen molar-refractivity contribution >= 4 is 5.97 Å². The normalized spacial score (nSPS) is 10.5. The molecule has 0 aliphatic carbocycles. The van der Waals surface area contributed by atoms with Gasteiger partial charge < -0.3 is 9.30 Å². The molecule has 0 N–H and O–H groups in total. The quantitative estimate of drug-likeness (QED) is 0.516. The SMILES string of the molecule is CCCCCCCCn1ccnc1C(=O)OC. The minimum Gasteiger partial charge on any atom is -0.463 e. The highest BCUT2D eigenvalue weighted by Crippen LogP contribution is 2.08. The van der Waals surface area contributed by atoms with E-state index in [4.69, 9.17) is 0 Å². The van der Waals surface area contributed by atoms with Gasteiger partial charge in [0.05, 0.1) is 7.11 Å². The number of esters is 1. The van der Waals surface area contributed by atoms with E-state index in [2.05, 4.69) is 16.6 Å². The fraction of sp³-hybridized carbons (Fsp3) is 0.692. The van der Waals surface area contributed by atoms with Crippen molar-refractivity contribution in [3.8, 4) is 0 Å². The molecule has 0 bridgehead atoms. The molecule has 0 atom stereocenters. The number of ether oxygens (including phenoxy) is 1. The molecule has 0 unspecified atom stereocenters. The maximum absolute atomic E-state index is 11.4. The van der Waals surface area contributed by atoms with E-state index in [1.54, 1.807) is 6.20 Å². The second-order valence-corrected chi connectivity index (χ2v) is 4.20. The molecule has 4 heteroatoms. The summed E-state index contributed by atoms with van der Waals surface area (Å²) in [6, 6.07) is 0. The van der Waals surface area contributed by atoms with E-state index in [-0.39, 0.29) is 5.97 Å². The van der Waals surface area contributed by atoms with Crippen LogP contribution in [0.3, 0.4) is 0 Å². The van der Waals surface area contributed by atoms with Gasteiger partial charge in [0.25, 0.3) is 0 Å². The molecular weight excluding hydrogens is 216 g/mol. The van der Waals surface area contributed by atoms with Gasteiger partial charge in [-0.25, -0.2) is 9.78 Å². The number of aromatic nitrogens is 2. The number of rotatable bonds is 8. The van der Waals surface area contributed by atoms with Gasteiger partial charge in [-0.2, -0.15) is 0 Å². The Labute approximate surface area is 103 Å². The van der Waals surface area contributed by atoms with Gasteiger partial charge in [-0.3, -0.25) is 0 Å². The van der Waals surface area contributed by atoms with Crippen molar-refractivity contribution in [3.63, 3.8) is 0 Å². The average molecular weight is 238 g/mol. The molecular formula is C13H22N2O2. The molecule has 1 aromatic rings. The van der Waals surface area contributed by atoms with Crippen molar-refractivity contribution in [3.05, 3.63) is 18.2 Å². The van der Waals surface area contributed by atoms with Crippen LogP contribution in [0, 0.1) is 0 Å². The Bertz CT molecular complexity index is 334. The Morgan fingerprint density at radius 3 is 2.71 bits per heavy atom. The first kappa shape index (κ1) is 13.7. The molecule has 1 heterocycles. The lowest BCUT2D eigenvalue weighted by Gasteiger charge is -2.06. The van der Waals surface area contributed by atoms with Crippen molar-refractivity contribution in [1.82, 2.24) is 9.55 Å². The summed E-state index contributed by atoms with van der Waals surface area (Å²) >= 11 is 0. The summed E-state index contributed by atoms with van der Waals surface area (Å²) < 4.78 is 6.54. The molecule has 17 heavy (non-hydrogen) atoms. The Morgan fingerprint density at radius 1 is 1.29 bits per heavy atom. The van der Waals surface area contributed by atoms with Crippen LogP contribution in [0.15, 0.2) is 12.4 Å². The van der Waals surface area contributed by atoms with Gasteiger partial charge in [0.2, 0.25) is 5.82 Å². The molecule has 0 aliphatic rings. The first-order valence-electron chi connectivity index (χ1n) is 6.39. The third-order valence-corrected chi connectivity index (χ3v) is 2.84. The summed E-state index contributed by atoms with van der Waals surface area (Å²) in [4.78, 5) is 15.4. The summed E-state index contributed by atoms with van der Waals surface area (Å²) in [5.41, 5.74) is 0. The number of carbonyl (C=O) groups excluding carboxylic acids is 1. The van der Waals surface area contributed by atoms with Crippen molar-refractivity contribution in [2.75, 3.05) is 7.11 Å². The molecule has 96 valence electrons. The smallest absolute Gasteiger partial charge is 0.374 e. The van der Waals surface area contributed by atoms with E-state index < -0.39 is 0 Å². The standard InChI is InChI=1S/C13H22N2O2/c1-3-4-5-6-7-8-10-15-11-9-14-12(15)13(16)17-2/h9,11H,3-8,10H2,1-2H3. The minimum absolute atomic E-state index is 0.360. The van der Waals surface area contributed by atoms with Gasteiger partial charge in [-0.1, -0.05) is 39.0 Å². The van der Waals surface area contributed by atoms with E-state index in [9.17, 15) is 4.79 Å². The highest BCUT2D eigenvalue weighted by molar-refractivity contribution is 5.85. The molecule has 0 saturated heterocycles. The van der Waals surface area contributed by atoms with Crippen LogP contribution >= 0.6 is 0 Å². The Balaban J connectivity index is 2.27.